The molecule has 2 atom stereocenters. The number of nitrogens with zero attached hydrogens (tertiary/aromatic N) is 1. The molecule has 11 heteroatoms. The van der Waals surface area contributed by atoms with Crippen molar-refractivity contribution in [1.29, 1.82) is 0 Å². The fourth-order valence-electron chi connectivity index (χ4n) is 4.68. The third-order valence-corrected chi connectivity index (χ3v) is 7.00. The highest BCUT2D eigenvalue weighted by molar-refractivity contribution is 5.92. The molecule has 220 valence electrons. The van der Waals surface area contributed by atoms with Crippen molar-refractivity contribution in [2.24, 2.45) is 11.5 Å². The van der Waals surface area contributed by atoms with Crippen LogP contribution in [-0.2, 0) is 27.3 Å². The largest absolute Gasteiger partial charge is 0.393 e. The van der Waals surface area contributed by atoms with Gasteiger partial charge in [-0.15, -0.1) is 0 Å². The molecule has 0 aromatic heterocycles. The van der Waals surface area contributed by atoms with E-state index in [1.807, 2.05) is 60.7 Å². The number of benzene rings is 4. The number of hydrogen-bond acceptors (Lipinski definition) is 7. The lowest BCUT2D eigenvalue weighted by Gasteiger charge is -2.23. The van der Waals surface area contributed by atoms with Crippen molar-refractivity contribution in [1.82, 2.24) is 10.6 Å². The van der Waals surface area contributed by atoms with Crippen LogP contribution in [0.25, 0.3) is 0 Å². The minimum Gasteiger partial charge on any atom is -0.393 e. The number of nitrogens with one attached hydrogen (secondary N) is 2. The summed E-state index contributed by atoms with van der Waals surface area (Å²) in [5.41, 5.74) is 19.7. The number of primary amides is 1. The number of nitro benzene ring substituents is 1. The summed E-state index contributed by atoms with van der Waals surface area (Å²) in [5, 5.41) is 17.2. The summed E-state index contributed by atoms with van der Waals surface area (Å²) in [5.74, 6) is -2.27. The summed E-state index contributed by atoms with van der Waals surface area (Å²) in [6.45, 7) is 0.111. The van der Waals surface area contributed by atoms with Crippen LogP contribution in [-0.4, -0.2) is 28.7 Å². The molecule has 0 radical (unpaired) electrons. The topological polar surface area (TPSA) is 196 Å². The first-order valence-corrected chi connectivity index (χ1v) is 13.5. The molecule has 0 saturated heterocycles. The van der Waals surface area contributed by atoms with E-state index in [4.69, 9.17) is 17.2 Å². The highest BCUT2D eigenvalue weighted by Gasteiger charge is 2.28. The molecule has 0 spiro atoms. The highest BCUT2D eigenvalue weighted by Crippen LogP contribution is 2.26. The van der Waals surface area contributed by atoms with Crippen LogP contribution in [0.3, 0.4) is 0 Å². The van der Waals surface area contributed by atoms with Gasteiger partial charge in [0.25, 0.3) is 5.69 Å². The maximum absolute atomic E-state index is 13.8. The Morgan fingerprint density at radius 1 is 0.767 bits per heavy atom. The zero-order valence-electron chi connectivity index (χ0n) is 23.2. The average molecular weight is 581 g/mol. The minimum atomic E-state index is -1.08. The molecule has 8 N–H and O–H groups in total. The van der Waals surface area contributed by atoms with Crippen LogP contribution in [0.4, 0.5) is 11.4 Å². The second kappa shape index (κ2) is 13.9. The standard InChI is InChI=1S/C32H32N6O5/c33-25-16-13-21(18-27(25)38(42)43)17-26(31(40)36-19-20-11-14-24(15-12-20)29(34)30(35)39)37-32(41)28(22-7-3-1-4-8-22)23-9-5-2-6-10-23/h1-16,18,26,28-29H,17,19,33-34H2,(H2,35,39)(H,36,40)(H,37,41). The van der Waals surface area contributed by atoms with Gasteiger partial charge in [0.2, 0.25) is 17.7 Å². The maximum atomic E-state index is 13.8. The molecule has 3 amide bonds. The Bertz CT molecular complexity index is 1560. The van der Waals surface area contributed by atoms with E-state index < -0.39 is 40.6 Å². The molecular formula is C32H32N6O5. The number of nitrogen functional groups attached to an aromatic ring is 1. The van der Waals surface area contributed by atoms with Gasteiger partial charge in [0.1, 0.15) is 17.8 Å². The van der Waals surface area contributed by atoms with Crippen LogP contribution >= 0.6 is 0 Å². The van der Waals surface area contributed by atoms with Crippen LogP contribution in [0.5, 0.6) is 0 Å². The van der Waals surface area contributed by atoms with E-state index in [0.717, 1.165) is 11.1 Å². The fourth-order valence-corrected chi connectivity index (χ4v) is 4.68. The Morgan fingerprint density at radius 2 is 1.33 bits per heavy atom. The molecule has 0 bridgehead atoms. The van der Waals surface area contributed by atoms with Gasteiger partial charge in [0.15, 0.2) is 0 Å². The Hall–Kier alpha value is -5.55. The number of nitrogens with two attached hydrogens (primary N) is 3. The number of carbonyl (C=O) groups excluding carboxylic acids is 3. The summed E-state index contributed by atoms with van der Waals surface area (Å²) in [4.78, 5) is 49.6. The Balaban J connectivity index is 1.59. The van der Waals surface area contributed by atoms with Crippen molar-refractivity contribution in [3.8, 4) is 0 Å². The van der Waals surface area contributed by atoms with Gasteiger partial charge in [0, 0.05) is 19.0 Å². The Kier molecular flexibility index (Phi) is 9.82. The molecule has 4 aromatic rings. The smallest absolute Gasteiger partial charge is 0.292 e. The molecule has 11 nitrogen and oxygen atoms in total. The van der Waals surface area contributed by atoms with Gasteiger partial charge in [-0.1, -0.05) is 91.0 Å². The lowest BCUT2D eigenvalue weighted by Crippen LogP contribution is -2.49. The SMILES string of the molecule is NC(=O)C(N)c1ccc(CNC(=O)C(Cc2ccc(N)c([N+](=O)[O-])c2)NC(=O)C(c2ccccc2)c2ccccc2)cc1. The van der Waals surface area contributed by atoms with Crippen molar-refractivity contribution in [3.05, 3.63) is 141 Å². The van der Waals surface area contributed by atoms with Gasteiger partial charge >= 0.3 is 0 Å². The summed E-state index contributed by atoms with van der Waals surface area (Å²) in [6, 6.07) is 27.3. The molecule has 2 unspecified atom stereocenters. The van der Waals surface area contributed by atoms with Crippen LogP contribution in [0, 0.1) is 10.1 Å². The van der Waals surface area contributed by atoms with Gasteiger partial charge in [-0.2, -0.15) is 0 Å². The van der Waals surface area contributed by atoms with E-state index in [0.29, 0.717) is 16.7 Å². The monoisotopic (exact) mass is 580 g/mol. The molecule has 43 heavy (non-hydrogen) atoms. The second-order valence-corrected chi connectivity index (χ2v) is 10.0. The van der Waals surface area contributed by atoms with Crippen molar-refractivity contribution in [2.75, 3.05) is 5.73 Å². The molecule has 0 aliphatic rings. The van der Waals surface area contributed by atoms with E-state index in [9.17, 15) is 24.5 Å². The van der Waals surface area contributed by atoms with Gasteiger partial charge in [0.05, 0.1) is 10.8 Å². The summed E-state index contributed by atoms with van der Waals surface area (Å²) < 4.78 is 0. The van der Waals surface area contributed by atoms with Gasteiger partial charge in [-0.3, -0.25) is 24.5 Å². The number of hydrogen-bond donors (Lipinski definition) is 5. The maximum Gasteiger partial charge on any atom is 0.292 e. The third kappa shape index (κ3) is 7.80. The highest BCUT2D eigenvalue weighted by atomic mass is 16.6. The predicted molar refractivity (Wildman–Crippen MR) is 162 cm³/mol. The lowest BCUT2D eigenvalue weighted by atomic mass is 9.90. The molecule has 0 fully saturated rings. The first-order valence-electron chi connectivity index (χ1n) is 13.5. The van der Waals surface area contributed by atoms with E-state index in [2.05, 4.69) is 10.6 Å². The van der Waals surface area contributed by atoms with E-state index >= 15 is 0 Å². The van der Waals surface area contributed by atoms with Gasteiger partial charge in [-0.05, 0) is 33.9 Å². The van der Waals surface area contributed by atoms with Crippen LogP contribution < -0.4 is 27.8 Å². The molecule has 0 heterocycles. The van der Waals surface area contributed by atoms with E-state index in [1.165, 1.54) is 12.1 Å². The van der Waals surface area contributed by atoms with E-state index in [1.54, 1.807) is 30.3 Å². The quantitative estimate of drug-likeness (QED) is 0.0964. The zero-order chi connectivity index (χ0) is 30.9. The third-order valence-electron chi connectivity index (χ3n) is 7.00. The number of anilines is 1. The van der Waals surface area contributed by atoms with Crippen LogP contribution in [0.1, 0.15) is 39.8 Å². The van der Waals surface area contributed by atoms with Crippen molar-refractivity contribution < 1.29 is 19.3 Å². The molecule has 4 aromatic carbocycles. The molecule has 4 rings (SSSR count). The van der Waals surface area contributed by atoms with Crippen molar-refractivity contribution in [2.45, 2.75) is 31.0 Å². The fraction of sp³-hybridized carbons (Fsp3) is 0.156. The number of rotatable bonds is 12. The molecule has 0 saturated carbocycles. The summed E-state index contributed by atoms with van der Waals surface area (Å²) >= 11 is 0. The molecule has 0 aliphatic heterocycles. The first kappa shape index (κ1) is 30.4. The Labute approximate surface area is 248 Å². The van der Waals surface area contributed by atoms with Crippen LogP contribution in [0.2, 0.25) is 0 Å². The number of nitro groups is 1. The van der Waals surface area contributed by atoms with Gasteiger partial charge < -0.3 is 27.8 Å². The normalized spacial score (nSPS) is 12.2. The minimum absolute atomic E-state index is 0.00786. The zero-order valence-corrected chi connectivity index (χ0v) is 23.2. The molecular weight excluding hydrogens is 548 g/mol. The van der Waals surface area contributed by atoms with Crippen LogP contribution in [0.15, 0.2) is 103 Å². The number of carbonyl (C=O) groups is 3. The average Bonchev–Trinajstić information content (AvgIpc) is 3.01. The second-order valence-electron chi connectivity index (χ2n) is 10.0. The predicted octanol–water partition coefficient (Wildman–Crippen LogP) is 2.84. The summed E-state index contributed by atoms with van der Waals surface area (Å²) in [6.07, 6.45) is -0.0264. The summed E-state index contributed by atoms with van der Waals surface area (Å²) in [7, 11) is 0. The number of amides is 3. The van der Waals surface area contributed by atoms with Crippen molar-refractivity contribution in [3.63, 3.8) is 0 Å². The Morgan fingerprint density at radius 3 is 1.86 bits per heavy atom. The first-order chi connectivity index (χ1) is 20.6. The lowest BCUT2D eigenvalue weighted by molar-refractivity contribution is -0.384. The van der Waals surface area contributed by atoms with Gasteiger partial charge in [-0.25, -0.2) is 0 Å². The van der Waals surface area contributed by atoms with Crippen molar-refractivity contribution >= 4 is 29.1 Å². The molecule has 0 aliphatic carbocycles. The van der Waals surface area contributed by atoms with E-state index in [-0.39, 0.29) is 24.3 Å².